The lowest BCUT2D eigenvalue weighted by Gasteiger charge is -2.25. The summed E-state index contributed by atoms with van der Waals surface area (Å²) in [7, 11) is -3.69. The minimum atomic E-state index is -3.69. The molecule has 0 fully saturated rings. The third kappa shape index (κ3) is 4.49. The van der Waals surface area contributed by atoms with Gasteiger partial charge in [0.25, 0.3) is 0 Å². The smallest absolute Gasteiger partial charge is 0.243 e. The monoisotopic (exact) mass is 316 g/mol. The van der Waals surface area contributed by atoms with Crippen LogP contribution >= 0.6 is 0 Å². The third-order valence-corrected chi connectivity index (χ3v) is 5.48. The van der Waals surface area contributed by atoms with Crippen molar-refractivity contribution in [3.05, 3.63) is 29.6 Å². The number of hydrogen-bond donors (Lipinski definition) is 1. The van der Waals surface area contributed by atoms with Crippen LogP contribution in [-0.4, -0.2) is 31.9 Å². The molecule has 0 atom stereocenters. The second kappa shape index (κ2) is 7.87. The van der Waals surface area contributed by atoms with Gasteiger partial charge in [-0.1, -0.05) is 19.9 Å². The van der Waals surface area contributed by atoms with Gasteiger partial charge in [0, 0.05) is 19.1 Å². The molecule has 0 aliphatic rings. The van der Waals surface area contributed by atoms with Crippen molar-refractivity contribution in [1.82, 2.24) is 9.62 Å². The van der Waals surface area contributed by atoms with Crippen molar-refractivity contribution < 1.29 is 12.8 Å². The molecule has 0 amide bonds. The molecule has 0 aliphatic heterocycles. The van der Waals surface area contributed by atoms with E-state index in [0.717, 1.165) is 19.0 Å². The van der Waals surface area contributed by atoms with E-state index >= 15 is 0 Å². The largest absolute Gasteiger partial charge is 0.313 e. The van der Waals surface area contributed by atoms with E-state index in [1.165, 1.54) is 10.4 Å². The highest BCUT2D eigenvalue weighted by Crippen LogP contribution is 2.23. The number of nitrogens with zero attached hydrogens (tertiary/aromatic N) is 1. The Morgan fingerprint density at radius 1 is 1.29 bits per heavy atom. The summed E-state index contributed by atoms with van der Waals surface area (Å²) in [4.78, 5) is 0.0571. The summed E-state index contributed by atoms with van der Waals surface area (Å²) in [5.41, 5.74) is 0.601. The van der Waals surface area contributed by atoms with Crippen molar-refractivity contribution in [2.24, 2.45) is 0 Å². The highest BCUT2D eigenvalue weighted by Gasteiger charge is 2.28. The lowest BCUT2D eigenvalue weighted by Crippen LogP contribution is -2.37. The molecule has 21 heavy (non-hydrogen) atoms. The summed E-state index contributed by atoms with van der Waals surface area (Å²) in [6, 6.07) is 3.79. The molecule has 0 aliphatic carbocycles. The fraction of sp³-hybridized carbons (Fsp3) is 0.600. The van der Waals surface area contributed by atoms with Crippen LogP contribution in [0.15, 0.2) is 23.1 Å². The number of benzene rings is 1. The van der Waals surface area contributed by atoms with Crippen molar-refractivity contribution in [2.45, 2.75) is 51.6 Å². The van der Waals surface area contributed by atoms with Gasteiger partial charge in [0.1, 0.15) is 5.82 Å². The fourth-order valence-electron chi connectivity index (χ4n) is 2.25. The Balaban J connectivity index is 3.23. The number of hydrogen-bond acceptors (Lipinski definition) is 3. The number of halogens is 1. The second-order valence-corrected chi connectivity index (χ2v) is 7.09. The SMILES string of the molecule is CCCNCc1ccc(F)cc1S(=O)(=O)N(CC)C(C)C. The molecule has 1 aromatic carbocycles. The minimum absolute atomic E-state index is 0.0571. The molecule has 1 rings (SSSR count). The Morgan fingerprint density at radius 2 is 1.95 bits per heavy atom. The highest BCUT2D eigenvalue weighted by molar-refractivity contribution is 7.89. The standard InChI is InChI=1S/C15H25FN2O2S/c1-5-9-17-11-13-7-8-14(16)10-15(13)21(19,20)18(6-2)12(3)4/h7-8,10,12,17H,5-6,9,11H2,1-4H3. The van der Waals surface area contributed by atoms with Crippen molar-refractivity contribution >= 4 is 10.0 Å². The van der Waals surface area contributed by atoms with Crippen LogP contribution < -0.4 is 5.32 Å². The predicted molar refractivity (Wildman–Crippen MR) is 83.1 cm³/mol. The van der Waals surface area contributed by atoms with E-state index in [1.807, 2.05) is 20.8 Å². The van der Waals surface area contributed by atoms with E-state index in [-0.39, 0.29) is 10.9 Å². The first-order valence-corrected chi connectivity index (χ1v) is 8.79. The van der Waals surface area contributed by atoms with E-state index in [9.17, 15) is 12.8 Å². The van der Waals surface area contributed by atoms with Gasteiger partial charge in [0.05, 0.1) is 4.90 Å². The van der Waals surface area contributed by atoms with Crippen LogP contribution in [0.1, 0.15) is 39.7 Å². The third-order valence-electron chi connectivity index (χ3n) is 3.25. The average molecular weight is 316 g/mol. The molecule has 0 unspecified atom stereocenters. The molecule has 1 aromatic rings. The maximum Gasteiger partial charge on any atom is 0.243 e. The van der Waals surface area contributed by atoms with E-state index < -0.39 is 15.8 Å². The molecular weight excluding hydrogens is 291 g/mol. The van der Waals surface area contributed by atoms with Gasteiger partial charge in [-0.3, -0.25) is 0 Å². The first kappa shape index (κ1) is 18.1. The predicted octanol–water partition coefficient (Wildman–Crippen LogP) is 2.74. The zero-order valence-electron chi connectivity index (χ0n) is 13.2. The molecule has 4 nitrogen and oxygen atoms in total. The zero-order valence-corrected chi connectivity index (χ0v) is 14.0. The molecule has 6 heteroatoms. The van der Waals surface area contributed by atoms with Crippen molar-refractivity contribution in [3.8, 4) is 0 Å². The maximum atomic E-state index is 13.5. The Labute approximate surface area is 127 Å². The van der Waals surface area contributed by atoms with Crippen molar-refractivity contribution in [1.29, 1.82) is 0 Å². The first-order valence-electron chi connectivity index (χ1n) is 7.35. The summed E-state index contributed by atoms with van der Waals surface area (Å²) in [5, 5.41) is 3.16. The number of nitrogens with one attached hydrogen (secondary N) is 1. The molecule has 0 saturated heterocycles. The topological polar surface area (TPSA) is 49.4 Å². The van der Waals surface area contributed by atoms with Crippen LogP contribution in [0.3, 0.4) is 0 Å². The van der Waals surface area contributed by atoms with E-state index in [0.29, 0.717) is 18.7 Å². The molecule has 1 N–H and O–H groups in total. The lowest BCUT2D eigenvalue weighted by molar-refractivity contribution is 0.368. The second-order valence-electron chi connectivity index (χ2n) is 5.23. The summed E-state index contributed by atoms with van der Waals surface area (Å²) < 4.78 is 40.4. The Bertz CT molecular complexity index is 559. The van der Waals surface area contributed by atoms with Gasteiger partial charge < -0.3 is 5.32 Å². The summed E-state index contributed by atoms with van der Waals surface area (Å²) >= 11 is 0. The van der Waals surface area contributed by atoms with Gasteiger partial charge in [-0.05, 0) is 44.5 Å². The summed E-state index contributed by atoms with van der Waals surface area (Å²) in [6.07, 6.45) is 0.955. The first-order chi connectivity index (χ1) is 9.84. The Kier molecular flexibility index (Phi) is 6.77. The van der Waals surface area contributed by atoms with Crippen LogP contribution in [0, 0.1) is 5.82 Å². The zero-order chi connectivity index (χ0) is 16.0. The van der Waals surface area contributed by atoms with Gasteiger partial charge >= 0.3 is 0 Å². The lowest BCUT2D eigenvalue weighted by atomic mass is 10.2. The van der Waals surface area contributed by atoms with E-state index in [2.05, 4.69) is 5.32 Å². The Hall–Kier alpha value is -0.980. The van der Waals surface area contributed by atoms with Crippen LogP contribution in [0.2, 0.25) is 0 Å². The molecule has 0 saturated carbocycles. The van der Waals surface area contributed by atoms with Crippen molar-refractivity contribution in [2.75, 3.05) is 13.1 Å². The van der Waals surface area contributed by atoms with Crippen molar-refractivity contribution in [3.63, 3.8) is 0 Å². The molecule has 0 aromatic heterocycles. The van der Waals surface area contributed by atoms with E-state index in [4.69, 9.17) is 0 Å². The summed E-state index contributed by atoms with van der Waals surface area (Å²) in [6.45, 7) is 9.01. The molecule has 120 valence electrons. The molecular formula is C15H25FN2O2S. The number of rotatable bonds is 8. The Morgan fingerprint density at radius 3 is 2.48 bits per heavy atom. The van der Waals surface area contributed by atoms with Gasteiger partial charge in [0.15, 0.2) is 0 Å². The molecule has 0 bridgehead atoms. The van der Waals surface area contributed by atoms with Gasteiger partial charge in [-0.25, -0.2) is 12.8 Å². The van der Waals surface area contributed by atoms with Crippen LogP contribution in [0.25, 0.3) is 0 Å². The van der Waals surface area contributed by atoms with Crippen LogP contribution in [0.5, 0.6) is 0 Å². The van der Waals surface area contributed by atoms with Crippen LogP contribution in [0.4, 0.5) is 4.39 Å². The van der Waals surface area contributed by atoms with Gasteiger partial charge in [-0.15, -0.1) is 0 Å². The highest BCUT2D eigenvalue weighted by atomic mass is 32.2. The van der Waals surface area contributed by atoms with E-state index in [1.54, 1.807) is 13.0 Å². The molecule has 0 radical (unpaired) electrons. The quantitative estimate of drug-likeness (QED) is 0.750. The molecule has 0 spiro atoms. The normalized spacial score (nSPS) is 12.3. The fourth-order valence-corrected chi connectivity index (χ4v) is 4.13. The summed E-state index contributed by atoms with van der Waals surface area (Å²) in [5.74, 6) is -0.535. The minimum Gasteiger partial charge on any atom is -0.313 e. The average Bonchev–Trinajstić information content (AvgIpc) is 2.40. The maximum absolute atomic E-state index is 13.5. The molecule has 0 heterocycles. The van der Waals surface area contributed by atoms with Gasteiger partial charge in [-0.2, -0.15) is 4.31 Å². The van der Waals surface area contributed by atoms with Crippen LogP contribution in [-0.2, 0) is 16.6 Å². The van der Waals surface area contributed by atoms with Gasteiger partial charge in [0.2, 0.25) is 10.0 Å². The number of sulfonamides is 1.